The third-order valence-electron chi connectivity index (χ3n) is 3.66. The number of hydrogen-bond acceptors (Lipinski definition) is 8. The van der Waals surface area contributed by atoms with Crippen LogP contribution in [0.2, 0.25) is 5.02 Å². The van der Waals surface area contributed by atoms with Crippen molar-refractivity contribution in [3.63, 3.8) is 0 Å². The van der Waals surface area contributed by atoms with Crippen LogP contribution in [0.1, 0.15) is 10.4 Å². The molecule has 0 radical (unpaired) electrons. The lowest BCUT2D eigenvalue weighted by atomic mass is 10.2. The van der Waals surface area contributed by atoms with Crippen LogP contribution in [0, 0.1) is 0 Å². The number of carbonyl (C=O) groups excluding carboxylic acids is 4. The van der Waals surface area contributed by atoms with Crippen molar-refractivity contribution >= 4 is 74.8 Å². The zero-order valence-electron chi connectivity index (χ0n) is 15.3. The number of amides is 4. The third kappa shape index (κ3) is 6.63. The average molecular weight is 483 g/mol. The highest BCUT2D eigenvalue weighted by atomic mass is 35.5. The van der Waals surface area contributed by atoms with Gasteiger partial charge >= 0.3 is 0 Å². The Balaban J connectivity index is 0.000000310. The van der Waals surface area contributed by atoms with Gasteiger partial charge in [0.2, 0.25) is 5.91 Å². The maximum Gasteiger partial charge on any atom is 0.290 e. The molecular formula is C19H15ClN2O5S3. The summed E-state index contributed by atoms with van der Waals surface area (Å²) in [5, 5.41) is 6.23. The van der Waals surface area contributed by atoms with Gasteiger partial charge in [-0.15, -0.1) is 11.3 Å². The molecule has 2 aliphatic heterocycles. The molecule has 0 saturated carbocycles. The smallest absolute Gasteiger partial charge is 0.290 e. The largest absolute Gasteiger partial charge is 0.492 e. The molecule has 0 spiro atoms. The van der Waals surface area contributed by atoms with E-state index in [0.29, 0.717) is 28.0 Å². The summed E-state index contributed by atoms with van der Waals surface area (Å²) in [5.41, 5.74) is 0.743. The number of hydrogen-bond donors (Lipinski definition) is 2. The number of thioether (sulfide) groups is 2. The predicted octanol–water partition coefficient (Wildman–Crippen LogP) is 4.32. The number of imide groups is 2. The fourth-order valence-electron chi connectivity index (χ4n) is 2.33. The van der Waals surface area contributed by atoms with Crippen LogP contribution in [-0.4, -0.2) is 34.7 Å². The van der Waals surface area contributed by atoms with Crippen LogP contribution in [0.25, 0.3) is 6.08 Å². The Kier molecular flexibility index (Phi) is 7.97. The third-order valence-corrected chi connectivity index (χ3v) is 6.47. The molecule has 156 valence electrons. The van der Waals surface area contributed by atoms with E-state index in [-0.39, 0.29) is 22.3 Å². The number of halogens is 1. The molecule has 0 aliphatic carbocycles. The van der Waals surface area contributed by atoms with Crippen molar-refractivity contribution in [1.82, 2.24) is 10.6 Å². The van der Waals surface area contributed by atoms with Crippen LogP contribution in [0.3, 0.4) is 0 Å². The Bertz CT molecular complexity index is 994. The highest BCUT2D eigenvalue weighted by molar-refractivity contribution is 8.18. The maximum atomic E-state index is 11.5. The molecule has 4 rings (SSSR count). The summed E-state index contributed by atoms with van der Waals surface area (Å²) in [6, 6.07) is 9.36. The lowest BCUT2D eigenvalue weighted by molar-refractivity contribution is -0.117. The number of carbonyl (C=O) groups is 4. The van der Waals surface area contributed by atoms with Crippen molar-refractivity contribution in [3.8, 4) is 5.75 Å². The van der Waals surface area contributed by atoms with Gasteiger partial charge in [-0.05, 0) is 47.0 Å². The van der Waals surface area contributed by atoms with Crippen LogP contribution in [-0.2, 0) is 16.0 Å². The second-order valence-corrected chi connectivity index (χ2v) is 9.25. The van der Waals surface area contributed by atoms with Crippen molar-refractivity contribution in [2.75, 3.05) is 12.4 Å². The molecule has 4 amide bonds. The number of thiophene rings is 1. The van der Waals surface area contributed by atoms with E-state index < -0.39 is 0 Å². The summed E-state index contributed by atoms with van der Waals surface area (Å²) < 4.78 is 5.69. The molecule has 2 saturated heterocycles. The topological polar surface area (TPSA) is 102 Å². The molecule has 7 nitrogen and oxygen atoms in total. The zero-order valence-corrected chi connectivity index (χ0v) is 18.5. The first-order chi connectivity index (χ1) is 14.4. The van der Waals surface area contributed by atoms with Crippen molar-refractivity contribution in [3.05, 3.63) is 56.1 Å². The van der Waals surface area contributed by atoms with Gasteiger partial charge in [0.15, 0.2) is 0 Å². The molecular weight excluding hydrogens is 468 g/mol. The minimum atomic E-state index is -0.382. The van der Waals surface area contributed by atoms with E-state index in [1.807, 2.05) is 11.4 Å². The second kappa shape index (κ2) is 10.7. The van der Waals surface area contributed by atoms with Crippen LogP contribution >= 0.6 is 46.5 Å². The number of ether oxygens (including phenoxy) is 1. The molecule has 3 heterocycles. The molecule has 1 aromatic heterocycles. The Hall–Kier alpha value is -2.27. The van der Waals surface area contributed by atoms with Gasteiger partial charge in [-0.3, -0.25) is 29.8 Å². The minimum absolute atomic E-state index is 0.185. The molecule has 30 heavy (non-hydrogen) atoms. The van der Waals surface area contributed by atoms with Crippen LogP contribution < -0.4 is 15.4 Å². The van der Waals surface area contributed by atoms with Crippen LogP contribution in [0.4, 0.5) is 9.59 Å². The standard InChI is InChI=1S/C16H12ClNO3S2.C3H3NO2S/c17-12-8-10(9-14-15(19)18-16(20)23-14)3-4-13(12)21-6-5-11-2-1-7-22-11;5-2-1-7-3(6)4-2/h1-4,7-9H,5-6H2,(H,18,19,20);1H2,(H,4,5,6). The lowest BCUT2D eigenvalue weighted by Gasteiger charge is -2.08. The Labute approximate surface area is 189 Å². The SMILES string of the molecule is O=C1CSC(=O)N1.O=C1NC(=O)C(=Cc2ccc(OCCc3cccs3)c(Cl)c2)S1. The number of benzene rings is 1. The summed E-state index contributed by atoms with van der Waals surface area (Å²) in [5.74, 6) is 0.325. The maximum absolute atomic E-state index is 11.5. The molecule has 2 aromatic rings. The van der Waals surface area contributed by atoms with Gasteiger partial charge in [-0.2, -0.15) is 0 Å². The number of nitrogens with one attached hydrogen (secondary N) is 2. The van der Waals surface area contributed by atoms with Gasteiger partial charge in [0.05, 0.1) is 22.3 Å². The van der Waals surface area contributed by atoms with E-state index in [2.05, 4.69) is 16.7 Å². The zero-order chi connectivity index (χ0) is 21.5. The van der Waals surface area contributed by atoms with Crippen molar-refractivity contribution in [2.45, 2.75) is 6.42 Å². The fourth-order valence-corrected chi connectivity index (χ4v) is 4.47. The van der Waals surface area contributed by atoms with E-state index in [1.54, 1.807) is 35.6 Å². The minimum Gasteiger partial charge on any atom is -0.492 e. The van der Waals surface area contributed by atoms with E-state index in [1.165, 1.54) is 4.88 Å². The highest BCUT2D eigenvalue weighted by Gasteiger charge is 2.25. The average Bonchev–Trinajstić information content (AvgIpc) is 3.41. The summed E-state index contributed by atoms with van der Waals surface area (Å²) in [6.07, 6.45) is 2.46. The summed E-state index contributed by atoms with van der Waals surface area (Å²) >= 11 is 9.79. The van der Waals surface area contributed by atoms with Gasteiger partial charge in [-0.1, -0.05) is 35.5 Å². The molecule has 2 aliphatic rings. The highest BCUT2D eigenvalue weighted by Crippen LogP contribution is 2.30. The Morgan fingerprint density at radius 1 is 1.10 bits per heavy atom. The van der Waals surface area contributed by atoms with Crippen molar-refractivity contribution in [1.29, 1.82) is 0 Å². The van der Waals surface area contributed by atoms with E-state index >= 15 is 0 Å². The van der Waals surface area contributed by atoms with E-state index in [4.69, 9.17) is 16.3 Å². The van der Waals surface area contributed by atoms with E-state index in [0.717, 1.165) is 35.5 Å². The normalized spacial score (nSPS) is 16.9. The monoisotopic (exact) mass is 482 g/mol. The van der Waals surface area contributed by atoms with Gasteiger partial charge in [0.25, 0.3) is 16.4 Å². The van der Waals surface area contributed by atoms with Gasteiger partial charge in [-0.25, -0.2) is 0 Å². The molecule has 2 fully saturated rings. The van der Waals surface area contributed by atoms with Crippen molar-refractivity contribution in [2.24, 2.45) is 0 Å². The molecule has 2 N–H and O–H groups in total. The Morgan fingerprint density at radius 3 is 2.47 bits per heavy atom. The van der Waals surface area contributed by atoms with Crippen molar-refractivity contribution < 1.29 is 23.9 Å². The van der Waals surface area contributed by atoms with E-state index in [9.17, 15) is 19.2 Å². The first-order valence-electron chi connectivity index (χ1n) is 8.57. The molecule has 0 bridgehead atoms. The first-order valence-corrected chi connectivity index (χ1v) is 11.6. The summed E-state index contributed by atoms with van der Waals surface area (Å²) in [6.45, 7) is 0.549. The summed E-state index contributed by atoms with van der Waals surface area (Å²) in [4.78, 5) is 44.5. The molecule has 0 unspecified atom stereocenters. The molecule has 0 atom stereocenters. The first kappa shape index (κ1) is 22.4. The quantitative estimate of drug-likeness (QED) is 0.612. The summed E-state index contributed by atoms with van der Waals surface area (Å²) in [7, 11) is 0. The van der Waals surface area contributed by atoms with Crippen LogP contribution in [0.15, 0.2) is 40.6 Å². The number of rotatable bonds is 5. The lowest BCUT2D eigenvalue weighted by Crippen LogP contribution is -2.18. The molecule has 1 aromatic carbocycles. The van der Waals surface area contributed by atoms with Gasteiger partial charge in [0, 0.05) is 11.3 Å². The Morgan fingerprint density at radius 2 is 1.93 bits per heavy atom. The fraction of sp³-hybridized carbons (Fsp3) is 0.158. The molecule has 11 heteroatoms. The van der Waals surface area contributed by atoms with Gasteiger partial charge < -0.3 is 4.74 Å². The van der Waals surface area contributed by atoms with Gasteiger partial charge in [0.1, 0.15) is 5.75 Å². The second-order valence-electron chi connectivity index (χ2n) is 5.84. The van der Waals surface area contributed by atoms with Crippen LogP contribution in [0.5, 0.6) is 5.75 Å². The predicted molar refractivity (Wildman–Crippen MR) is 120 cm³/mol.